The molecule has 1 unspecified atom stereocenters. The first-order valence-corrected chi connectivity index (χ1v) is 7.11. The van der Waals surface area contributed by atoms with E-state index in [1.165, 1.54) is 12.7 Å². The minimum Gasteiger partial charge on any atom is -0.465 e. The number of anilines is 1. The van der Waals surface area contributed by atoms with Crippen LogP contribution in [0.25, 0.3) is 0 Å². The van der Waals surface area contributed by atoms with E-state index in [4.69, 9.17) is 4.74 Å². The van der Waals surface area contributed by atoms with Gasteiger partial charge >= 0.3 is 5.97 Å². The zero-order chi connectivity index (χ0) is 15.2. The van der Waals surface area contributed by atoms with Crippen LogP contribution in [-0.2, 0) is 4.74 Å². The lowest BCUT2D eigenvalue weighted by atomic mass is 9.95. The molecule has 3 nitrogen and oxygen atoms in total. The second-order valence-corrected chi connectivity index (χ2v) is 5.35. The number of carbonyl (C=O) groups is 1. The summed E-state index contributed by atoms with van der Waals surface area (Å²) in [6.07, 6.45) is 0. The van der Waals surface area contributed by atoms with E-state index in [1.807, 2.05) is 36.4 Å². The molecule has 1 atom stereocenters. The summed E-state index contributed by atoms with van der Waals surface area (Å²) < 4.78 is 4.76. The Kier molecular flexibility index (Phi) is 4.99. The van der Waals surface area contributed by atoms with Crippen molar-refractivity contribution in [3.8, 4) is 0 Å². The molecule has 0 saturated heterocycles. The molecule has 2 aromatic carbocycles. The molecular formula is C18H21NO2. The number of hydrogen-bond acceptors (Lipinski definition) is 3. The topological polar surface area (TPSA) is 38.3 Å². The molecule has 0 aliphatic heterocycles. The number of rotatable bonds is 5. The Hall–Kier alpha value is -2.29. The lowest BCUT2D eigenvalue weighted by Gasteiger charge is -2.24. The van der Waals surface area contributed by atoms with Gasteiger partial charge < -0.3 is 10.1 Å². The Balaban J connectivity index is 2.24. The number of ether oxygens (including phenoxy) is 1. The highest BCUT2D eigenvalue weighted by molar-refractivity contribution is 5.90. The molecule has 2 aromatic rings. The molecule has 0 aromatic heterocycles. The maximum atomic E-state index is 11.6. The molecule has 0 spiro atoms. The van der Waals surface area contributed by atoms with Gasteiger partial charge in [-0.1, -0.05) is 50.2 Å². The molecule has 0 radical (unpaired) electrons. The molecule has 0 fully saturated rings. The molecule has 0 amide bonds. The summed E-state index contributed by atoms with van der Waals surface area (Å²) in [4.78, 5) is 11.6. The highest BCUT2D eigenvalue weighted by Gasteiger charge is 2.16. The maximum Gasteiger partial charge on any atom is 0.337 e. The minimum atomic E-state index is -0.320. The van der Waals surface area contributed by atoms with Crippen molar-refractivity contribution in [2.75, 3.05) is 12.4 Å². The summed E-state index contributed by atoms with van der Waals surface area (Å²) in [6, 6.07) is 17.9. The van der Waals surface area contributed by atoms with Crippen molar-refractivity contribution < 1.29 is 9.53 Å². The fourth-order valence-corrected chi connectivity index (χ4v) is 2.33. The van der Waals surface area contributed by atoms with Gasteiger partial charge in [-0.25, -0.2) is 4.79 Å². The van der Waals surface area contributed by atoms with Gasteiger partial charge in [0, 0.05) is 5.69 Å². The molecule has 0 bridgehead atoms. The minimum absolute atomic E-state index is 0.194. The normalized spacial score (nSPS) is 12.0. The van der Waals surface area contributed by atoms with Crippen LogP contribution >= 0.6 is 0 Å². The van der Waals surface area contributed by atoms with E-state index in [0.717, 1.165) is 5.69 Å². The zero-order valence-electron chi connectivity index (χ0n) is 12.7. The fourth-order valence-electron chi connectivity index (χ4n) is 2.33. The van der Waals surface area contributed by atoms with Gasteiger partial charge in [0.25, 0.3) is 0 Å². The Bertz CT molecular complexity index is 593. The molecule has 0 aliphatic rings. The molecular weight excluding hydrogens is 262 g/mol. The molecule has 110 valence electrons. The first-order chi connectivity index (χ1) is 10.1. The Morgan fingerprint density at radius 1 is 1.05 bits per heavy atom. The third kappa shape index (κ3) is 3.85. The lowest BCUT2D eigenvalue weighted by molar-refractivity contribution is 0.0601. The van der Waals surface area contributed by atoms with Gasteiger partial charge in [-0.15, -0.1) is 0 Å². The number of carbonyl (C=O) groups excluding carboxylic acids is 1. The average molecular weight is 283 g/mol. The van der Waals surface area contributed by atoms with Crippen LogP contribution in [0.5, 0.6) is 0 Å². The van der Waals surface area contributed by atoms with Gasteiger partial charge in [0.2, 0.25) is 0 Å². The van der Waals surface area contributed by atoms with E-state index in [9.17, 15) is 4.79 Å². The van der Waals surface area contributed by atoms with Gasteiger partial charge in [0.15, 0.2) is 0 Å². The van der Waals surface area contributed by atoms with Crippen molar-refractivity contribution in [3.05, 3.63) is 65.7 Å². The van der Waals surface area contributed by atoms with Gasteiger partial charge in [-0.05, 0) is 29.7 Å². The number of hydrogen-bond donors (Lipinski definition) is 1. The van der Waals surface area contributed by atoms with Crippen LogP contribution in [0, 0.1) is 5.92 Å². The van der Waals surface area contributed by atoms with E-state index in [0.29, 0.717) is 11.5 Å². The highest BCUT2D eigenvalue weighted by atomic mass is 16.5. The summed E-state index contributed by atoms with van der Waals surface area (Å²) in [6.45, 7) is 4.35. The Morgan fingerprint density at radius 3 is 2.38 bits per heavy atom. The molecule has 2 rings (SSSR count). The van der Waals surface area contributed by atoms with Crippen molar-refractivity contribution in [1.29, 1.82) is 0 Å². The van der Waals surface area contributed by atoms with Gasteiger partial charge in [-0.2, -0.15) is 0 Å². The van der Waals surface area contributed by atoms with Crippen molar-refractivity contribution in [2.45, 2.75) is 19.9 Å². The van der Waals surface area contributed by atoms with E-state index in [1.54, 1.807) is 6.07 Å². The van der Waals surface area contributed by atoms with Crippen LogP contribution in [0.3, 0.4) is 0 Å². The lowest BCUT2D eigenvalue weighted by Crippen LogP contribution is -2.17. The van der Waals surface area contributed by atoms with Crippen LogP contribution in [0.15, 0.2) is 54.6 Å². The smallest absolute Gasteiger partial charge is 0.337 e. The van der Waals surface area contributed by atoms with E-state index >= 15 is 0 Å². The van der Waals surface area contributed by atoms with Crippen LogP contribution in [0.2, 0.25) is 0 Å². The summed E-state index contributed by atoms with van der Waals surface area (Å²) in [5.74, 6) is 0.105. The molecule has 0 aliphatic carbocycles. The molecule has 0 saturated carbocycles. The summed E-state index contributed by atoms with van der Waals surface area (Å²) in [7, 11) is 1.39. The van der Waals surface area contributed by atoms with Crippen LogP contribution in [-0.4, -0.2) is 13.1 Å². The molecule has 0 heterocycles. The Labute approximate surface area is 126 Å². The fraction of sp³-hybridized carbons (Fsp3) is 0.278. The van der Waals surface area contributed by atoms with Gasteiger partial charge in [0.1, 0.15) is 0 Å². The molecule has 21 heavy (non-hydrogen) atoms. The molecule has 3 heteroatoms. The number of methoxy groups -OCH3 is 1. The van der Waals surface area contributed by atoms with E-state index in [-0.39, 0.29) is 12.0 Å². The zero-order valence-corrected chi connectivity index (χ0v) is 12.7. The number of benzene rings is 2. The summed E-state index contributed by atoms with van der Waals surface area (Å²) in [5.41, 5.74) is 2.70. The first kappa shape index (κ1) is 15.1. The van der Waals surface area contributed by atoms with Crippen LogP contribution in [0.1, 0.15) is 35.8 Å². The highest BCUT2D eigenvalue weighted by Crippen LogP contribution is 2.26. The molecule has 1 N–H and O–H groups in total. The van der Waals surface area contributed by atoms with E-state index < -0.39 is 0 Å². The van der Waals surface area contributed by atoms with Gasteiger partial charge in [-0.3, -0.25) is 0 Å². The number of nitrogens with one attached hydrogen (secondary N) is 1. The van der Waals surface area contributed by atoms with Crippen molar-refractivity contribution >= 4 is 11.7 Å². The van der Waals surface area contributed by atoms with Crippen molar-refractivity contribution in [1.82, 2.24) is 0 Å². The quantitative estimate of drug-likeness (QED) is 0.832. The predicted octanol–water partition coefficient (Wildman–Crippen LogP) is 4.28. The largest absolute Gasteiger partial charge is 0.465 e. The average Bonchev–Trinajstić information content (AvgIpc) is 2.52. The summed E-state index contributed by atoms with van der Waals surface area (Å²) in [5, 5.41) is 3.51. The van der Waals surface area contributed by atoms with Crippen LogP contribution in [0.4, 0.5) is 5.69 Å². The predicted molar refractivity (Wildman–Crippen MR) is 85.4 cm³/mol. The number of esters is 1. The second-order valence-electron chi connectivity index (χ2n) is 5.35. The SMILES string of the molecule is COC(=O)c1cccc(NC(c2ccccc2)C(C)C)c1. The third-order valence-corrected chi connectivity index (χ3v) is 3.43. The second kappa shape index (κ2) is 6.93. The monoisotopic (exact) mass is 283 g/mol. The standard InChI is InChI=1S/C18H21NO2/c1-13(2)17(14-8-5-4-6-9-14)19-16-11-7-10-15(12-16)18(20)21-3/h4-13,17,19H,1-3H3. The van der Waals surface area contributed by atoms with Crippen molar-refractivity contribution in [2.24, 2.45) is 5.92 Å². The van der Waals surface area contributed by atoms with Gasteiger partial charge in [0.05, 0.1) is 18.7 Å². The maximum absolute atomic E-state index is 11.6. The van der Waals surface area contributed by atoms with Crippen LogP contribution < -0.4 is 5.32 Å². The van der Waals surface area contributed by atoms with E-state index in [2.05, 4.69) is 31.3 Å². The Morgan fingerprint density at radius 2 is 1.76 bits per heavy atom. The third-order valence-electron chi connectivity index (χ3n) is 3.43. The van der Waals surface area contributed by atoms with Crippen molar-refractivity contribution in [3.63, 3.8) is 0 Å². The summed E-state index contributed by atoms with van der Waals surface area (Å²) >= 11 is 0. The first-order valence-electron chi connectivity index (χ1n) is 7.11.